The lowest BCUT2D eigenvalue weighted by atomic mass is 10.3. The summed E-state index contributed by atoms with van der Waals surface area (Å²) in [7, 11) is -3.78. The van der Waals surface area contributed by atoms with Crippen molar-refractivity contribution in [2.24, 2.45) is 0 Å². The number of anilines is 1. The Hall–Kier alpha value is -2.08. The molecule has 2 aromatic rings. The van der Waals surface area contributed by atoms with Crippen LogP contribution in [0, 0.1) is 19.7 Å². The third kappa shape index (κ3) is 2.47. The molecule has 1 aromatic carbocycles. The minimum absolute atomic E-state index is 0.0226. The molecule has 0 saturated carbocycles. The van der Waals surface area contributed by atoms with Crippen LogP contribution in [0.1, 0.15) is 11.3 Å². The number of aromatic nitrogens is 1. The Kier molecular flexibility index (Phi) is 3.91. The molecule has 0 fully saturated rings. The van der Waals surface area contributed by atoms with Gasteiger partial charge in [0, 0.05) is 12.2 Å². The molecule has 2 rings (SSSR count). The number of sulfone groups is 1. The Bertz CT molecular complexity index is 790. The zero-order valence-electron chi connectivity index (χ0n) is 11.9. The fraction of sp³-hybridized carbons (Fsp3) is 0.200. The average Bonchev–Trinajstić information content (AvgIpc) is 2.64. The highest BCUT2D eigenvalue weighted by Crippen LogP contribution is 2.33. The van der Waals surface area contributed by atoms with Crippen LogP contribution in [0.5, 0.6) is 0 Å². The summed E-state index contributed by atoms with van der Waals surface area (Å²) in [5, 5.41) is 0. The molecule has 0 aliphatic carbocycles. The molecule has 0 atom stereocenters. The van der Waals surface area contributed by atoms with Crippen LogP contribution in [0.15, 0.2) is 46.7 Å². The molecule has 0 aliphatic heterocycles. The van der Waals surface area contributed by atoms with Crippen molar-refractivity contribution in [3.8, 4) is 0 Å². The third-order valence-electron chi connectivity index (χ3n) is 3.52. The summed E-state index contributed by atoms with van der Waals surface area (Å²) in [6.45, 7) is 7.58. The number of rotatable bonds is 4. The van der Waals surface area contributed by atoms with E-state index in [-0.39, 0.29) is 15.6 Å². The van der Waals surface area contributed by atoms with Crippen molar-refractivity contribution in [3.05, 3.63) is 54.0 Å². The van der Waals surface area contributed by atoms with Crippen molar-refractivity contribution in [1.82, 2.24) is 4.57 Å². The van der Waals surface area contributed by atoms with Gasteiger partial charge >= 0.3 is 0 Å². The summed E-state index contributed by atoms with van der Waals surface area (Å²) < 4.78 is 40.1. The highest BCUT2D eigenvalue weighted by Gasteiger charge is 2.27. The van der Waals surface area contributed by atoms with Gasteiger partial charge < -0.3 is 10.3 Å². The standard InChI is InChI=1S/C15H17FN2O2S/c1-4-9-18-11(3)10(2)14(15(18)17)21(19,20)13-7-5-12(16)6-8-13/h4-8H,1,9,17H2,2-3H3. The van der Waals surface area contributed by atoms with Gasteiger partial charge in [0.15, 0.2) is 0 Å². The van der Waals surface area contributed by atoms with E-state index in [0.29, 0.717) is 12.1 Å². The molecule has 21 heavy (non-hydrogen) atoms. The quantitative estimate of drug-likeness (QED) is 0.697. The van der Waals surface area contributed by atoms with E-state index in [4.69, 9.17) is 5.73 Å². The monoisotopic (exact) mass is 308 g/mol. The van der Waals surface area contributed by atoms with E-state index in [2.05, 4.69) is 6.58 Å². The number of allylic oxidation sites excluding steroid dienone is 1. The minimum atomic E-state index is -3.78. The van der Waals surface area contributed by atoms with Crippen LogP contribution in [0.25, 0.3) is 0 Å². The first-order chi connectivity index (χ1) is 9.80. The second-order valence-corrected chi connectivity index (χ2v) is 6.67. The van der Waals surface area contributed by atoms with E-state index in [0.717, 1.165) is 17.8 Å². The van der Waals surface area contributed by atoms with Gasteiger partial charge in [0.1, 0.15) is 16.5 Å². The Morgan fingerprint density at radius 1 is 1.29 bits per heavy atom. The van der Waals surface area contributed by atoms with Crippen LogP contribution in [-0.2, 0) is 16.4 Å². The molecule has 1 aromatic heterocycles. The van der Waals surface area contributed by atoms with Crippen molar-refractivity contribution in [2.45, 2.75) is 30.2 Å². The van der Waals surface area contributed by atoms with E-state index in [1.165, 1.54) is 12.1 Å². The molecular formula is C15H17FN2O2S. The lowest BCUT2D eigenvalue weighted by molar-refractivity contribution is 0.594. The van der Waals surface area contributed by atoms with Crippen LogP contribution in [0.4, 0.5) is 10.2 Å². The van der Waals surface area contributed by atoms with E-state index in [9.17, 15) is 12.8 Å². The number of hydrogen-bond acceptors (Lipinski definition) is 3. The lowest BCUT2D eigenvalue weighted by Crippen LogP contribution is -2.08. The molecule has 112 valence electrons. The molecule has 4 nitrogen and oxygen atoms in total. The number of halogens is 1. The van der Waals surface area contributed by atoms with Crippen LogP contribution < -0.4 is 5.73 Å². The maximum Gasteiger partial charge on any atom is 0.210 e. The molecule has 0 unspecified atom stereocenters. The zero-order valence-corrected chi connectivity index (χ0v) is 12.7. The molecule has 1 heterocycles. The predicted molar refractivity (Wildman–Crippen MR) is 80.4 cm³/mol. The van der Waals surface area contributed by atoms with Crippen LogP contribution >= 0.6 is 0 Å². The molecule has 0 radical (unpaired) electrons. The minimum Gasteiger partial charge on any atom is -0.384 e. The van der Waals surface area contributed by atoms with Crippen molar-refractivity contribution in [1.29, 1.82) is 0 Å². The molecule has 0 spiro atoms. The van der Waals surface area contributed by atoms with E-state index >= 15 is 0 Å². The van der Waals surface area contributed by atoms with Gasteiger partial charge in [0.05, 0.1) is 4.90 Å². The molecule has 0 aliphatic rings. The van der Waals surface area contributed by atoms with Crippen molar-refractivity contribution in [3.63, 3.8) is 0 Å². The van der Waals surface area contributed by atoms with Gasteiger partial charge in [-0.3, -0.25) is 0 Å². The molecule has 2 N–H and O–H groups in total. The first-order valence-electron chi connectivity index (χ1n) is 6.37. The van der Waals surface area contributed by atoms with Crippen LogP contribution in [0.3, 0.4) is 0 Å². The summed E-state index contributed by atoms with van der Waals surface area (Å²) >= 11 is 0. The Morgan fingerprint density at radius 3 is 2.38 bits per heavy atom. The summed E-state index contributed by atoms with van der Waals surface area (Å²) in [6.07, 6.45) is 1.65. The molecule has 0 saturated heterocycles. The average molecular weight is 308 g/mol. The second kappa shape index (κ2) is 5.37. The van der Waals surface area contributed by atoms with Crippen molar-refractivity contribution in [2.75, 3.05) is 5.73 Å². The fourth-order valence-corrected chi connectivity index (χ4v) is 3.96. The van der Waals surface area contributed by atoms with Crippen LogP contribution in [0.2, 0.25) is 0 Å². The first kappa shape index (κ1) is 15.3. The Balaban J connectivity index is 2.68. The number of nitrogens with zero attached hydrogens (tertiary/aromatic N) is 1. The Labute approximate surface area is 123 Å². The largest absolute Gasteiger partial charge is 0.384 e. The number of hydrogen-bond donors (Lipinski definition) is 1. The first-order valence-corrected chi connectivity index (χ1v) is 7.85. The number of nitrogens with two attached hydrogens (primary N) is 1. The van der Waals surface area contributed by atoms with Gasteiger partial charge in [0.2, 0.25) is 9.84 Å². The highest BCUT2D eigenvalue weighted by atomic mass is 32.2. The van der Waals surface area contributed by atoms with Gasteiger partial charge in [0.25, 0.3) is 0 Å². The molecule has 6 heteroatoms. The zero-order chi connectivity index (χ0) is 15.8. The maximum absolute atomic E-state index is 13.0. The van der Waals surface area contributed by atoms with Gasteiger partial charge in [-0.25, -0.2) is 12.8 Å². The van der Waals surface area contributed by atoms with E-state index < -0.39 is 15.7 Å². The second-order valence-electron chi connectivity index (χ2n) is 4.78. The smallest absolute Gasteiger partial charge is 0.210 e. The molecule has 0 bridgehead atoms. The molecule has 0 amide bonds. The van der Waals surface area contributed by atoms with Crippen LogP contribution in [-0.4, -0.2) is 13.0 Å². The molecular weight excluding hydrogens is 291 g/mol. The SMILES string of the molecule is C=CCn1c(C)c(C)c(S(=O)(=O)c2ccc(F)cc2)c1N. The van der Waals surface area contributed by atoms with Gasteiger partial charge in [-0.15, -0.1) is 6.58 Å². The maximum atomic E-state index is 13.0. The van der Waals surface area contributed by atoms with Gasteiger partial charge in [-0.05, 0) is 43.7 Å². The lowest BCUT2D eigenvalue weighted by Gasteiger charge is -2.07. The predicted octanol–water partition coefficient (Wildman–Crippen LogP) is 2.85. The summed E-state index contributed by atoms with van der Waals surface area (Å²) in [4.78, 5) is 0.0999. The summed E-state index contributed by atoms with van der Waals surface area (Å²) in [6, 6.07) is 4.71. The van der Waals surface area contributed by atoms with E-state index in [1.807, 2.05) is 0 Å². The normalized spacial score (nSPS) is 11.6. The van der Waals surface area contributed by atoms with Gasteiger partial charge in [-0.2, -0.15) is 0 Å². The Morgan fingerprint density at radius 2 is 1.86 bits per heavy atom. The highest BCUT2D eigenvalue weighted by molar-refractivity contribution is 7.91. The number of benzene rings is 1. The van der Waals surface area contributed by atoms with Crippen molar-refractivity contribution >= 4 is 15.7 Å². The fourth-order valence-electron chi connectivity index (χ4n) is 2.30. The summed E-state index contributed by atoms with van der Waals surface area (Å²) in [5.74, 6) is -0.312. The van der Waals surface area contributed by atoms with E-state index in [1.54, 1.807) is 24.5 Å². The van der Waals surface area contributed by atoms with Crippen molar-refractivity contribution < 1.29 is 12.8 Å². The summed E-state index contributed by atoms with van der Waals surface area (Å²) in [5.41, 5.74) is 7.37. The van der Waals surface area contributed by atoms with Gasteiger partial charge in [-0.1, -0.05) is 6.08 Å². The number of nitrogen functional groups attached to an aromatic ring is 1. The third-order valence-corrected chi connectivity index (χ3v) is 5.46. The topological polar surface area (TPSA) is 65.1 Å².